The molecule has 2 aromatic heterocycles. The van der Waals surface area contributed by atoms with Crippen LogP contribution in [0.3, 0.4) is 0 Å². The molecule has 2 heterocycles. The molecule has 0 fully saturated rings. The number of carbonyl (C=O) groups is 1. The maximum absolute atomic E-state index is 13.0. The topological polar surface area (TPSA) is 98.2 Å². The molecule has 3 aliphatic carbocycles. The highest BCUT2D eigenvalue weighted by Gasteiger charge is 2.42. The summed E-state index contributed by atoms with van der Waals surface area (Å²) in [5.41, 5.74) is 13.9. The first-order valence-electron chi connectivity index (χ1n) is 11.4. The highest BCUT2D eigenvalue weighted by atomic mass is 16.1. The molecule has 166 valence electrons. The summed E-state index contributed by atoms with van der Waals surface area (Å²) >= 11 is 0. The third kappa shape index (κ3) is 3.10. The van der Waals surface area contributed by atoms with Crippen LogP contribution in [0.4, 0.5) is 5.95 Å². The molecular formula is C26H26N6O. The van der Waals surface area contributed by atoms with E-state index in [2.05, 4.69) is 68.9 Å². The van der Waals surface area contributed by atoms with Crippen molar-refractivity contribution in [2.24, 2.45) is 5.92 Å². The van der Waals surface area contributed by atoms with Gasteiger partial charge in [0.25, 0.3) is 5.78 Å². The fourth-order valence-corrected chi connectivity index (χ4v) is 5.91. The van der Waals surface area contributed by atoms with Gasteiger partial charge in [0.15, 0.2) is 0 Å². The van der Waals surface area contributed by atoms with Gasteiger partial charge in [0.2, 0.25) is 11.9 Å². The van der Waals surface area contributed by atoms with Gasteiger partial charge in [-0.15, -0.1) is 5.10 Å². The van der Waals surface area contributed by atoms with E-state index in [1.54, 1.807) is 4.52 Å². The van der Waals surface area contributed by atoms with E-state index in [0.717, 1.165) is 23.4 Å². The molecule has 1 amide bonds. The third-order valence-electron chi connectivity index (χ3n) is 7.39. The molecule has 1 unspecified atom stereocenters. The summed E-state index contributed by atoms with van der Waals surface area (Å²) < 4.78 is 1.61. The Labute approximate surface area is 192 Å². The molecule has 3 N–H and O–H groups in total. The number of nitrogens with two attached hydrogens (primary N) is 1. The molecule has 3 aliphatic rings. The zero-order valence-electron chi connectivity index (χ0n) is 18.7. The first-order chi connectivity index (χ1) is 16.0. The molecule has 4 aromatic rings. The number of aromatic nitrogens is 4. The summed E-state index contributed by atoms with van der Waals surface area (Å²) in [5, 5.41) is 7.42. The molecular weight excluding hydrogens is 412 g/mol. The maximum Gasteiger partial charge on any atom is 0.254 e. The van der Waals surface area contributed by atoms with Crippen molar-refractivity contribution in [1.82, 2.24) is 24.9 Å². The number of nitrogens with one attached hydrogen (secondary N) is 1. The SMILES string of the molecule is Cc1nc2nc(N)nn2c(C)c1CC(=O)NCC1CC2c3ccccc3C1c1ccccc12. The zero-order chi connectivity index (χ0) is 22.7. The van der Waals surface area contributed by atoms with Crippen LogP contribution in [0.1, 0.15) is 57.5 Å². The molecule has 7 heteroatoms. The van der Waals surface area contributed by atoms with Crippen LogP contribution >= 0.6 is 0 Å². The van der Waals surface area contributed by atoms with Crippen molar-refractivity contribution in [2.45, 2.75) is 38.5 Å². The highest BCUT2D eigenvalue weighted by Crippen LogP contribution is 2.55. The fraction of sp³-hybridized carbons (Fsp3) is 0.308. The number of amides is 1. The average Bonchev–Trinajstić information content (AvgIpc) is 3.20. The van der Waals surface area contributed by atoms with Crippen molar-refractivity contribution in [3.8, 4) is 0 Å². The molecule has 0 saturated heterocycles. The fourth-order valence-electron chi connectivity index (χ4n) is 5.91. The van der Waals surface area contributed by atoms with E-state index in [9.17, 15) is 4.79 Å². The van der Waals surface area contributed by atoms with Gasteiger partial charge >= 0.3 is 0 Å². The predicted octanol–water partition coefficient (Wildman–Crippen LogP) is 3.28. The molecule has 2 bridgehead atoms. The Balaban J connectivity index is 1.23. The Kier molecular flexibility index (Phi) is 4.47. The number of aryl methyl sites for hydroxylation is 2. The summed E-state index contributed by atoms with van der Waals surface area (Å²) in [6.07, 6.45) is 1.32. The molecule has 2 aromatic carbocycles. The summed E-state index contributed by atoms with van der Waals surface area (Å²) in [7, 11) is 0. The minimum atomic E-state index is -0.00143. The summed E-state index contributed by atoms with van der Waals surface area (Å²) in [4.78, 5) is 21.6. The van der Waals surface area contributed by atoms with Crippen LogP contribution in [0.5, 0.6) is 0 Å². The molecule has 7 rings (SSSR count). The molecule has 0 spiro atoms. The number of anilines is 1. The number of carbonyl (C=O) groups excluding carboxylic acids is 1. The Morgan fingerprint density at radius 3 is 2.33 bits per heavy atom. The van der Waals surface area contributed by atoms with Gasteiger partial charge in [-0.05, 0) is 48.4 Å². The van der Waals surface area contributed by atoms with Gasteiger partial charge in [-0.2, -0.15) is 9.50 Å². The molecule has 7 nitrogen and oxygen atoms in total. The number of benzene rings is 2. The lowest BCUT2D eigenvalue weighted by Crippen LogP contribution is -2.39. The van der Waals surface area contributed by atoms with Crippen molar-refractivity contribution >= 4 is 17.6 Å². The quantitative estimate of drug-likeness (QED) is 0.510. The van der Waals surface area contributed by atoms with Crippen LogP contribution in [0.2, 0.25) is 0 Å². The second-order valence-electron chi connectivity index (χ2n) is 9.21. The van der Waals surface area contributed by atoms with Crippen LogP contribution < -0.4 is 11.1 Å². The van der Waals surface area contributed by atoms with Crippen molar-refractivity contribution < 1.29 is 4.79 Å². The van der Waals surface area contributed by atoms with E-state index >= 15 is 0 Å². The number of rotatable bonds is 4. The Morgan fingerprint density at radius 2 is 1.67 bits per heavy atom. The maximum atomic E-state index is 13.0. The van der Waals surface area contributed by atoms with Gasteiger partial charge in [-0.1, -0.05) is 48.5 Å². The van der Waals surface area contributed by atoms with Crippen molar-refractivity contribution in [3.05, 3.63) is 87.7 Å². The van der Waals surface area contributed by atoms with Crippen LogP contribution in [0, 0.1) is 19.8 Å². The first-order valence-corrected chi connectivity index (χ1v) is 11.4. The smallest absolute Gasteiger partial charge is 0.254 e. The van der Waals surface area contributed by atoms with Crippen LogP contribution in [0.15, 0.2) is 48.5 Å². The van der Waals surface area contributed by atoms with Gasteiger partial charge in [0, 0.05) is 35.3 Å². The van der Waals surface area contributed by atoms with Gasteiger partial charge in [-0.25, -0.2) is 4.98 Å². The molecule has 0 aliphatic heterocycles. The molecule has 33 heavy (non-hydrogen) atoms. The molecule has 0 radical (unpaired) electrons. The first kappa shape index (κ1) is 19.9. The highest BCUT2D eigenvalue weighted by molar-refractivity contribution is 5.79. The predicted molar refractivity (Wildman–Crippen MR) is 126 cm³/mol. The summed E-state index contributed by atoms with van der Waals surface area (Å²) in [6, 6.07) is 17.6. The molecule has 1 atom stereocenters. The monoisotopic (exact) mass is 438 g/mol. The lowest BCUT2D eigenvalue weighted by atomic mass is 9.59. The van der Waals surface area contributed by atoms with E-state index in [4.69, 9.17) is 5.73 Å². The summed E-state index contributed by atoms with van der Waals surface area (Å²) in [5.74, 6) is 1.74. The van der Waals surface area contributed by atoms with Crippen molar-refractivity contribution in [3.63, 3.8) is 0 Å². The van der Waals surface area contributed by atoms with E-state index in [1.807, 2.05) is 13.8 Å². The van der Waals surface area contributed by atoms with Crippen LogP contribution in [0.25, 0.3) is 5.78 Å². The molecule has 0 saturated carbocycles. The number of nitrogens with zero attached hydrogens (tertiary/aromatic N) is 4. The summed E-state index contributed by atoms with van der Waals surface area (Å²) in [6.45, 7) is 4.48. The lowest BCUT2D eigenvalue weighted by molar-refractivity contribution is -0.120. The van der Waals surface area contributed by atoms with E-state index < -0.39 is 0 Å². The van der Waals surface area contributed by atoms with Crippen LogP contribution in [-0.2, 0) is 11.2 Å². The second kappa shape index (κ2) is 7.40. The number of hydrogen-bond donors (Lipinski definition) is 2. The number of hydrogen-bond acceptors (Lipinski definition) is 5. The lowest BCUT2D eigenvalue weighted by Gasteiger charge is -2.45. The van der Waals surface area contributed by atoms with Gasteiger partial charge < -0.3 is 11.1 Å². The van der Waals surface area contributed by atoms with Crippen molar-refractivity contribution in [1.29, 1.82) is 0 Å². The minimum Gasteiger partial charge on any atom is -0.366 e. The zero-order valence-corrected chi connectivity index (χ0v) is 18.7. The van der Waals surface area contributed by atoms with Crippen LogP contribution in [-0.4, -0.2) is 32.0 Å². The van der Waals surface area contributed by atoms with E-state index in [1.165, 1.54) is 22.3 Å². The van der Waals surface area contributed by atoms with Gasteiger partial charge in [0.05, 0.1) is 6.42 Å². The average molecular weight is 439 g/mol. The number of nitrogen functional groups attached to an aromatic ring is 1. The minimum absolute atomic E-state index is 0.00143. The van der Waals surface area contributed by atoms with E-state index in [0.29, 0.717) is 30.1 Å². The Morgan fingerprint density at radius 1 is 1.03 bits per heavy atom. The standard InChI is InChI=1S/C26H26N6O/c1-14-21(15(2)32-26(29-14)30-25(27)31-32)12-23(33)28-13-16-11-22-17-7-3-5-9-19(17)24(16)20-10-6-4-8-18(20)22/h3-10,16,22,24H,11-13H2,1-2H3,(H2,27,31)(H,28,33). The number of fused-ring (bicyclic) bond motifs is 2. The second-order valence-corrected chi connectivity index (χ2v) is 9.21. The Hall–Kier alpha value is -3.74. The Bertz CT molecular complexity index is 1360. The van der Waals surface area contributed by atoms with Crippen molar-refractivity contribution in [2.75, 3.05) is 12.3 Å². The van der Waals surface area contributed by atoms with Gasteiger partial charge in [-0.3, -0.25) is 4.79 Å². The van der Waals surface area contributed by atoms with E-state index in [-0.39, 0.29) is 18.3 Å². The largest absolute Gasteiger partial charge is 0.366 e. The third-order valence-corrected chi connectivity index (χ3v) is 7.39. The van der Waals surface area contributed by atoms with Gasteiger partial charge in [0.1, 0.15) is 0 Å². The normalized spacial score (nSPS) is 20.5.